The second kappa shape index (κ2) is 7.49. The van der Waals surface area contributed by atoms with Crippen molar-refractivity contribution in [3.8, 4) is 5.69 Å². The Hall–Kier alpha value is -2.66. The Morgan fingerprint density at radius 2 is 1.88 bits per heavy atom. The monoisotopic (exact) mass is 354 g/mol. The van der Waals surface area contributed by atoms with Gasteiger partial charge >= 0.3 is 0 Å². The van der Waals surface area contributed by atoms with Gasteiger partial charge in [0.1, 0.15) is 0 Å². The highest BCUT2D eigenvalue weighted by atomic mass is 35.5. The normalized spacial score (nSPS) is 10.7. The third-order valence-electron chi connectivity index (χ3n) is 3.95. The Morgan fingerprint density at radius 3 is 2.60 bits per heavy atom. The maximum Gasteiger partial charge on any atom is 0.276 e. The predicted molar refractivity (Wildman–Crippen MR) is 98.2 cm³/mol. The molecule has 1 heterocycles. The van der Waals surface area contributed by atoms with Crippen LogP contribution < -0.4 is 0 Å². The summed E-state index contributed by atoms with van der Waals surface area (Å²) in [6, 6.07) is 17.3. The third kappa shape index (κ3) is 4.06. The van der Waals surface area contributed by atoms with Crippen LogP contribution in [0.2, 0.25) is 5.02 Å². The van der Waals surface area contributed by atoms with Gasteiger partial charge in [-0.05, 0) is 37.1 Å². The maximum absolute atomic E-state index is 12.7. The number of hydrogen-bond acceptors (Lipinski definition) is 3. The summed E-state index contributed by atoms with van der Waals surface area (Å²) in [4.78, 5) is 15.8. The number of amides is 1. The van der Waals surface area contributed by atoms with Crippen LogP contribution in [0.15, 0.2) is 54.6 Å². The Balaban J connectivity index is 1.73. The van der Waals surface area contributed by atoms with Crippen LogP contribution in [0.3, 0.4) is 0 Å². The van der Waals surface area contributed by atoms with Crippen LogP contribution in [0.4, 0.5) is 0 Å². The number of likely N-dealkylation sites (N-methyl/N-ethyl adjacent to an activating group) is 1. The molecule has 1 aromatic heterocycles. The molecule has 0 saturated carbocycles. The minimum Gasteiger partial charge on any atom is -0.340 e. The average Bonchev–Trinajstić information content (AvgIpc) is 3.01. The zero-order valence-corrected chi connectivity index (χ0v) is 14.9. The van der Waals surface area contributed by atoms with E-state index < -0.39 is 0 Å². The summed E-state index contributed by atoms with van der Waals surface area (Å²) in [6.07, 6.45) is 0.796. The zero-order chi connectivity index (χ0) is 17.8. The number of rotatable bonds is 5. The smallest absolute Gasteiger partial charge is 0.276 e. The fourth-order valence-corrected chi connectivity index (χ4v) is 2.70. The number of carbonyl (C=O) groups excluding carboxylic acids is 1. The van der Waals surface area contributed by atoms with E-state index in [0.29, 0.717) is 23.0 Å². The van der Waals surface area contributed by atoms with Crippen molar-refractivity contribution in [2.45, 2.75) is 13.3 Å². The number of benzene rings is 2. The van der Waals surface area contributed by atoms with Gasteiger partial charge in [-0.2, -0.15) is 9.90 Å². The number of nitrogens with zero attached hydrogens (tertiary/aromatic N) is 4. The molecule has 3 aromatic rings. The molecule has 0 bridgehead atoms. The Labute approximate surface area is 151 Å². The Kier molecular flexibility index (Phi) is 5.14. The van der Waals surface area contributed by atoms with Gasteiger partial charge in [0.25, 0.3) is 5.91 Å². The van der Waals surface area contributed by atoms with Crippen molar-refractivity contribution < 1.29 is 4.79 Å². The molecule has 6 heteroatoms. The van der Waals surface area contributed by atoms with Crippen molar-refractivity contribution in [1.29, 1.82) is 0 Å². The first-order valence-electron chi connectivity index (χ1n) is 8.04. The maximum atomic E-state index is 12.7. The summed E-state index contributed by atoms with van der Waals surface area (Å²) in [5.41, 5.74) is 2.87. The lowest BCUT2D eigenvalue weighted by molar-refractivity contribution is 0.0789. The predicted octanol–water partition coefficient (Wildman–Crippen LogP) is 3.54. The second-order valence-corrected chi connectivity index (χ2v) is 6.30. The van der Waals surface area contributed by atoms with Gasteiger partial charge in [0.05, 0.1) is 11.4 Å². The lowest BCUT2D eigenvalue weighted by Crippen LogP contribution is -2.29. The van der Waals surface area contributed by atoms with E-state index in [-0.39, 0.29) is 5.91 Å². The fourth-order valence-electron chi connectivity index (χ4n) is 2.52. The first-order chi connectivity index (χ1) is 12.0. The van der Waals surface area contributed by atoms with Crippen molar-refractivity contribution in [1.82, 2.24) is 19.9 Å². The standard InChI is InChI=1S/C19H19ClN4O/c1-14-18(22-24(21-14)17-10-6-9-16(20)13-17)19(25)23(2)12-11-15-7-4-3-5-8-15/h3-10,13H,11-12H2,1-2H3. The molecule has 0 fully saturated rings. The summed E-state index contributed by atoms with van der Waals surface area (Å²) in [6.45, 7) is 2.40. The summed E-state index contributed by atoms with van der Waals surface area (Å²) >= 11 is 6.01. The van der Waals surface area contributed by atoms with E-state index in [1.54, 1.807) is 31.0 Å². The van der Waals surface area contributed by atoms with Crippen molar-refractivity contribution in [2.75, 3.05) is 13.6 Å². The van der Waals surface area contributed by atoms with Gasteiger partial charge in [0, 0.05) is 18.6 Å². The van der Waals surface area contributed by atoms with Gasteiger partial charge in [0.2, 0.25) is 0 Å². The molecule has 2 aromatic carbocycles. The lowest BCUT2D eigenvalue weighted by Gasteiger charge is -2.15. The minimum absolute atomic E-state index is 0.137. The molecular weight excluding hydrogens is 336 g/mol. The van der Waals surface area contributed by atoms with Crippen LogP contribution in [-0.2, 0) is 6.42 Å². The number of aryl methyl sites for hydroxylation is 1. The van der Waals surface area contributed by atoms with Crippen molar-refractivity contribution >= 4 is 17.5 Å². The first-order valence-corrected chi connectivity index (χ1v) is 8.41. The quantitative estimate of drug-likeness (QED) is 0.704. The molecule has 0 spiro atoms. The van der Waals surface area contributed by atoms with Crippen LogP contribution in [0.25, 0.3) is 5.69 Å². The van der Waals surface area contributed by atoms with Gasteiger partial charge in [-0.3, -0.25) is 4.79 Å². The van der Waals surface area contributed by atoms with E-state index in [1.165, 1.54) is 10.4 Å². The van der Waals surface area contributed by atoms with Crippen molar-refractivity contribution in [2.24, 2.45) is 0 Å². The average molecular weight is 355 g/mol. The van der Waals surface area contributed by atoms with Crippen LogP contribution in [0.1, 0.15) is 21.7 Å². The van der Waals surface area contributed by atoms with Gasteiger partial charge in [0.15, 0.2) is 5.69 Å². The molecule has 0 N–H and O–H groups in total. The van der Waals surface area contributed by atoms with E-state index in [4.69, 9.17) is 11.6 Å². The van der Waals surface area contributed by atoms with Crippen LogP contribution in [-0.4, -0.2) is 39.4 Å². The third-order valence-corrected chi connectivity index (χ3v) is 4.18. The SMILES string of the molecule is Cc1nn(-c2cccc(Cl)c2)nc1C(=O)N(C)CCc1ccccc1. The molecule has 0 aliphatic rings. The Bertz CT molecular complexity index is 876. The molecule has 0 radical (unpaired) electrons. The highest BCUT2D eigenvalue weighted by Crippen LogP contribution is 2.15. The van der Waals surface area contributed by atoms with E-state index >= 15 is 0 Å². The van der Waals surface area contributed by atoms with Crippen molar-refractivity contribution in [3.05, 3.63) is 76.6 Å². The highest BCUT2D eigenvalue weighted by Gasteiger charge is 2.20. The van der Waals surface area contributed by atoms with Crippen molar-refractivity contribution in [3.63, 3.8) is 0 Å². The highest BCUT2D eigenvalue weighted by molar-refractivity contribution is 6.30. The second-order valence-electron chi connectivity index (χ2n) is 5.87. The minimum atomic E-state index is -0.137. The largest absolute Gasteiger partial charge is 0.340 e. The molecule has 0 aliphatic heterocycles. The van der Waals surface area contributed by atoms with Crippen LogP contribution in [0, 0.1) is 6.92 Å². The molecular formula is C19H19ClN4O. The van der Waals surface area contributed by atoms with Gasteiger partial charge < -0.3 is 4.90 Å². The van der Waals surface area contributed by atoms with E-state index in [9.17, 15) is 4.79 Å². The van der Waals surface area contributed by atoms with Crippen LogP contribution >= 0.6 is 11.6 Å². The first kappa shape index (κ1) is 17.2. The molecule has 0 saturated heterocycles. The molecule has 25 heavy (non-hydrogen) atoms. The molecule has 3 rings (SSSR count). The molecule has 5 nitrogen and oxygen atoms in total. The number of aromatic nitrogens is 3. The molecule has 1 amide bonds. The van der Waals surface area contributed by atoms with Gasteiger partial charge in [-0.25, -0.2) is 0 Å². The van der Waals surface area contributed by atoms with Gasteiger partial charge in [-0.15, -0.1) is 5.10 Å². The number of carbonyl (C=O) groups is 1. The van der Waals surface area contributed by atoms with E-state index in [0.717, 1.165) is 12.1 Å². The molecule has 0 aliphatic carbocycles. The summed E-state index contributed by atoms with van der Waals surface area (Å²) < 4.78 is 0. The summed E-state index contributed by atoms with van der Waals surface area (Å²) in [5, 5.41) is 9.29. The molecule has 0 unspecified atom stereocenters. The van der Waals surface area contributed by atoms with E-state index in [1.807, 2.05) is 30.3 Å². The summed E-state index contributed by atoms with van der Waals surface area (Å²) in [7, 11) is 1.78. The van der Waals surface area contributed by atoms with Crippen LogP contribution in [0.5, 0.6) is 0 Å². The molecule has 0 atom stereocenters. The van der Waals surface area contributed by atoms with E-state index in [2.05, 4.69) is 22.3 Å². The lowest BCUT2D eigenvalue weighted by atomic mass is 10.1. The zero-order valence-electron chi connectivity index (χ0n) is 14.2. The number of halogens is 1. The van der Waals surface area contributed by atoms with Gasteiger partial charge in [-0.1, -0.05) is 48.0 Å². The Morgan fingerprint density at radius 1 is 1.12 bits per heavy atom. The topological polar surface area (TPSA) is 51.0 Å². The fraction of sp³-hybridized carbons (Fsp3) is 0.211. The summed E-state index contributed by atoms with van der Waals surface area (Å²) in [5.74, 6) is -0.137. The molecule has 128 valence electrons. The number of hydrogen-bond donors (Lipinski definition) is 0.